The van der Waals surface area contributed by atoms with E-state index in [2.05, 4.69) is 29.2 Å². The topological polar surface area (TPSA) is 36.3 Å². The Morgan fingerprint density at radius 3 is 2.76 bits per heavy atom. The summed E-state index contributed by atoms with van der Waals surface area (Å²) in [6.45, 7) is 2.36. The van der Waals surface area contributed by atoms with Gasteiger partial charge in [0, 0.05) is 24.3 Å². The van der Waals surface area contributed by atoms with Gasteiger partial charge in [0.05, 0.1) is 12.5 Å². The van der Waals surface area contributed by atoms with E-state index >= 15 is 0 Å². The number of benzene rings is 2. The van der Waals surface area contributed by atoms with Gasteiger partial charge in [0.1, 0.15) is 12.4 Å². The molecule has 0 atom stereocenters. The molecule has 0 N–H and O–H groups in total. The third kappa shape index (κ3) is 3.00. The number of hydrogen-bond donors (Lipinski definition) is 0. The van der Waals surface area contributed by atoms with Crippen molar-refractivity contribution in [2.24, 2.45) is 0 Å². The molecule has 0 aromatic heterocycles. The highest BCUT2D eigenvalue weighted by Gasteiger charge is 2.21. The van der Waals surface area contributed by atoms with E-state index < -0.39 is 0 Å². The van der Waals surface area contributed by atoms with Crippen LogP contribution in [-0.4, -0.2) is 13.1 Å². The third-order valence-corrected chi connectivity index (χ3v) is 3.81. The highest BCUT2D eigenvalue weighted by molar-refractivity contribution is 5.63. The van der Waals surface area contributed by atoms with Gasteiger partial charge in [0.2, 0.25) is 0 Å². The van der Waals surface area contributed by atoms with Crippen molar-refractivity contribution in [3.8, 4) is 11.8 Å². The first-order valence-electron chi connectivity index (χ1n) is 7.29. The fourth-order valence-electron chi connectivity index (χ4n) is 2.76. The molecule has 1 aliphatic heterocycles. The average molecular weight is 278 g/mol. The molecule has 0 bridgehead atoms. The van der Waals surface area contributed by atoms with Gasteiger partial charge in [-0.15, -0.1) is 0 Å². The molecule has 1 aliphatic rings. The predicted octanol–water partition coefficient (Wildman–Crippen LogP) is 3.54. The van der Waals surface area contributed by atoms with Crippen LogP contribution in [0.1, 0.15) is 17.5 Å². The molecule has 3 rings (SSSR count). The maximum atomic E-state index is 8.74. The molecule has 0 saturated heterocycles. The van der Waals surface area contributed by atoms with Crippen LogP contribution < -0.4 is 9.64 Å². The summed E-state index contributed by atoms with van der Waals surface area (Å²) >= 11 is 0. The van der Waals surface area contributed by atoms with Crippen LogP contribution >= 0.6 is 0 Å². The van der Waals surface area contributed by atoms with Crippen molar-refractivity contribution in [3.05, 3.63) is 59.7 Å². The van der Waals surface area contributed by atoms with Crippen molar-refractivity contribution < 1.29 is 4.74 Å². The van der Waals surface area contributed by atoms with E-state index in [1.54, 1.807) is 0 Å². The minimum atomic E-state index is 0.564. The molecule has 2 aromatic rings. The number of ether oxygens (including phenoxy) is 1. The first-order chi connectivity index (χ1) is 10.4. The molecule has 0 aliphatic carbocycles. The summed E-state index contributed by atoms with van der Waals surface area (Å²) in [6, 6.07) is 18.6. The van der Waals surface area contributed by atoms with Gasteiger partial charge in [-0.25, -0.2) is 0 Å². The van der Waals surface area contributed by atoms with Crippen LogP contribution in [0.15, 0.2) is 48.5 Å². The largest absolute Gasteiger partial charge is 0.489 e. The zero-order chi connectivity index (χ0) is 14.5. The molecule has 0 fully saturated rings. The highest BCUT2D eigenvalue weighted by Crippen LogP contribution is 2.35. The molecular formula is C18H18N2O. The lowest BCUT2D eigenvalue weighted by atomic mass is 10.1. The first-order valence-corrected chi connectivity index (χ1v) is 7.29. The summed E-state index contributed by atoms with van der Waals surface area (Å²) in [5.74, 6) is 0.968. The van der Waals surface area contributed by atoms with Gasteiger partial charge in [-0.2, -0.15) is 5.26 Å². The Labute approximate surface area is 125 Å². The molecule has 106 valence electrons. The van der Waals surface area contributed by atoms with Crippen LogP contribution in [-0.2, 0) is 13.0 Å². The third-order valence-electron chi connectivity index (χ3n) is 3.81. The quantitative estimate of drug-likeness (QED) is 0.839. The second-order valence-electron chi connectivity index (χ2n) is 5.17. The van der Waals surface area contributed by atoms with E-state index in [1.807, 2.05) is 30.3 Å². The van der Waals surface area contributed by atoms with Crippen molar-refractivity contribution in [1.82, 2.24) is 0 Å². The number of nitrogens with zero attached hydrogens (tertiary/aromatic N) is 2. The summed E-state index contributed by atoms with van der Waals surface area (Å²) in [6.07, 6.45) is 1.56. The molecule has 3 nitrogen and oxygen atoms in total. The monoisotopic (exact) mass is 278 g/mol. The van der Waals surface area contributed by atoms with E-state index in [1.165, 1.54) is 16.8 Å². The van der Waals surface area contributed by atoms with Crippen LogP contribution in [0.5, 0.6) is 5.75 Å². The van der Waals surface area contributed by atoms with Gasteiger partial charge >= 0.3 is 0 Å². The van der Waals surface area contributed by atoms with Gasteiger partial charge in [0.25, 0.3) is 0 Å². The second-order valence-corrected chi connectivity index (χ2v) is 5.17. The number of hydrogen-bond acceptors (Lipinski definition) is 3. The summed E-state index contributed by atoms with van der Waals surface area (Å²) in [5, 5.41) is 8.74. The molecule has 1 heterocycles. The molecule has 0 radical (unpaired) electrons. The Morgan fingerprint density at radius 1 is 1.10 bits per heavy atom. The van der Waals surface area contributed by atoms with Crippen molar-refractivity contribution >= 4 is 5.69 Å². The predicted molar refractivity (Wildman–Crippen MR) is 83.4 cm³/mol. The zero-order valence-corrected chi connectivity index (χ0v) is 12.0. The molecular weight excluding hydrogens is 260 g/mol. The van der Waals surface area contributed by atoms with E-state index in [9.17, 15) is 0 Å². The van der Waals surface area contributed by atoms with Gasteiger partial charge in [0.15, 0.2) is 0 Å². The summed E-state index contributed by atoms with van der Waals surface area (Å²) < 4.78 is 6.00. The lowest BCUT2D eigenvalue weighted by molar-refractivity contribution is 0.304. The van der Waals surface area contributed by atoms with Gasteiger partial charge in [-0.05, 0) is 24.1 Å². The lowest BCUT2D eigenvalue weighted by Crippen LogP contribution is -2.21. The molecule has 3 heteroatoms. The smallest absolute Gasteiger partial charge is 0.125 e. The van der Waals surface area contributed by atoms with E-state index in [0.29, 0.717) is 13.0 Å². The number of anilines is 1. The Balaban J connectivity index is 1.73. The van der Waals surface area contributed by atoms with Crippen LogP contribution in [0.3, 0.4) is 0 Å². The lowest BCUT2D eigenvalue weighted by Gasteiger charge is -2.18. The normalized spacial score (nSPS) is 12.8. The number of rotatable bonds is 5. The average Bonchev–Trinajstić information content (AvgIpc) is 2.95. The minimum absolute atomic E-state index is 0.564. The molecule has 0 spiro atoms. The van der Waals surface area contributed by atoms with Gasteiger partial charge in [-0.3, -0.25) is 0 Å². The van der Waals surface area contributed by atoms with Crippen LogP contribution in [0.4, 0.5) is 5.69 Å². The highest BCUT2D eigenvalue weighted by atomic mass is 16.5. The van der Waals surface area contributed by atoms with Crippen molar-refractivity contribution in [2.45, 2.75) is 19.4 Å². The maximum absolute atomic E-state index is 8.74. The SMILES string of the molecule is N#CCCN1CCc2c(OCc3ccccc3)cccc21. The number of nitriles is 1. The Morgan fingerprint density at radius 2 is 1.95 bits per heavy atom. The molecule has 0 saturated carbocycles. The fraction of sp³-hybridized carbons (Fsp3) is 0.278. The van der Waals surface area contributed by atoms with Crippen molar-refractivity contribution in [1.29, 1.82) is 5.26 Å². The molecule has 21 heavy (non-hydrogen) atoms. The Kier molecular flexibility index (Phi) is 4.07. The summed E-state index contributed by atoms with van der Waals surface area (Å²) in [5.41, 5.74) is 3.66. The molecule has 2 aromatic carbocycles. The first kappa shape index (κ1) is 13.5. The van der Waals surface area contributed by atoms with Gasteiger partial charge < -0.3 is 9.64 Å². The Bertz CT molecular complexity index is 646. The summed E-state index contributed by atoms with van der Waals surface area (Å²) in [7, 11) is 0. The van der Waals surface area contributed by atoms with E-state index in [0.717, 1.165) is 25.3 Å². The second kappa shape index (κ2) is 6.32. The van der Waals surface area contributed by atoms with E-state index in [4.69, 9.17) is 10.00 Å². The van der Waals surface area contributed by atoms with Crippen LogP contribution in [0, 0.1) is 11.3 Å². The standard InChI is InChI=1S/C18H18N2O/c19-11-5-12-20-13-10-16-17(20)8-4-9-18(16)21-14-15-6-2-1-3-7-15/h1-4,6-9H,5,10,12-14H2. The molecule has 0 unspecified atom stereocenters. The van der Waals surface area contributed by atoms with Crippen molar-refractivity contribution in [3.63, 3.8) is 0 Å². The zero-order valence-electron chi connectivity index (χ0n) is 12.0. The minimum Gasteiger partial charge on any atom is -0.489 e. The van der Waals surface area contributed by atoms with Crippen LogP contribution in [0.2, 0.25) is 0 Å². The number of fused-ring (bicyclic) bond motifs is 1. The van der Waals surface area contributed by atoms with Crippen LogP contribution in [0.25, 0.3) is 0 Å². The Hall–Kier alpha value is -2.47. The van der Waals surface area contributed by atoms with E-state index in [-0.39, 0.29) is 0 Å². The van der Waals surface area contributed by atoms with Crippen molar-refractivity contribution in [2.75, 3.05) is 18.0 Å². The maximum Gasteiger partial charge on any atom is 0.125 e. The fourth-order valence-corrected chi connectivity index (χ4v) is 2.76. The summed E-state index contributed by atoms with van der Waals surface area (Å²) in [4.78, 5) is 2.27. The van der Waals surface area contributed by atoms with Gasteiger partial charge in [-0.1, -0.05) is 36.4 Å². The molecule has 0 amide bonds.